The second kappa shape index (κ2) is 5.25. The summed E-state index contributed by atoms with van der Waals surface area (Å²) < 4.78 is 2.43. The van der Waals surface area contributed by atoms with Gasteiger partial charge in [-0.3, -0.25) is 0 Å². The van der Waals surface area contributed by atoms with Gasteiger partial charge in [0.2, 0.25) is 0 Å². The summed E-state index contributed by atoms with van der Waals surface area (Å²) in [5.41, 5.74) is 8.06. The molecule has 1 saturated heterocycles. The van der Waals surface area contributed by atoms with Gasteiger partial charge in [-0.25, -0.2) is 0 Å². The van der Waals surface area contributed by atoms with E-state index in [1.807, 2.05) is 6.07 Å². The summed E-state index contributed by atoms with van der Waals surface area (Å²) in [6.45, 7) is 5.95. The third-order valence-electron chi connectivity index (χ3n) is 4.24. The van der Waals surface area contributed by atoms with E-state index in [-0.39, 0.29) is 0 Å². The number of anilines is 1. The number of nitrogen functional groups attached to an aromatic ring is 1. The van der Waals surface area contributed by atoms with Crippen molar-refractivity contribution >= 4 is 16.6 Å². The Balaban J connectivity index is 1.80. The number of nitrogens with zero attached hydrogens (tertiary/aromatic N) is 2. The van der Waals surface area contributed by atoms with Gasteiger partial charge >= 0.3 is 0 Å². The van der Waals surface area contributed by atoms with Gasteiger partial charge in [-0.2, -0.15) is 0 Å². The summed E-state index contributed by atoms with van der Waals surface area (Å²) in [6, 6.07) is 9.04. The van der Waals surface area contributed by atoms with E-state index in [0.717, 1.165) is 5.69 Å². The number of likely N-dealkylation sites (tertiary alicyclic amines) is 1. The lowest BCUT2D eigenvalue weighted by Crippen LogP contribution is -2.34. The lowest BCUT2D eigenvalue weighted by molar-refractivity contribution is 0.189. The van der Waals surface area contributed by atoms with Crippen LogP contribution < -0.4 is 5.73 Å². The summed E-state index contributed by atoms with van der Waals surface area (Å²) in [4.78, 5) is 2.58. The Labute approximate surface area is 115 Å². The second-order valence-electron chi connectivity index (χ2n) is 5.61. The zero-order valence-electron chi connectivity index (χ0n) is 11.7. The van der Waals surface area contributed by atoms with Gasteiger partial charge in [-0.1, -0.05) is 13.0 Å². The molecule has 3 rings (SSSR count). The highest BCUT2D eigenvalue weighted by molar-refractivity contribution is 5.83. The van der Waals surface area contributed by atoms with Crippen LogP contribution in [0.15, 0.2) is 30.5 Å². The highest BCUT2D eigenvalue weighted by Gasteiger charge is 2.20. The fourth-order valence-electron chi connectivity index (χ4n) is 3.22. The summed E-state index contributed by atoms with van der Waals surface area (Å²) in [7, 11) is 0. The van der Waals surface area contributed by atoms with Crippen molar-refractivity contribution in [2.45, 2.75) is 32.2 Å². The molecular formula is C16H23N3. The highest BCUT2D eigenvalue weighted by atomic mass is 15.1. The van der Waals surface area contributed by atoms with E-state index in [4.69, 9.17) is 5.73 Å². The Hall–Kier alpha value is -1.48. The van der Waals surface area contributed by atoms with E-state index >= 15 is 0 Å². The Bertz CT molecular complexity index is 550. The number of piperidine rings is 1. The fourth-order valence-corrected chi connectivity index (χ4v) is 3.22. The zero-order chi connectivity index (χ0) is 13.2. The molecule has 0 amide bonds. The first-order chi connectivity index (χ1) is 9.28. The molecule has 3 heteroatoms. The van der Waals surface area contributed by atoms with E-state index < -0.39 is 0 Å². The van der Waals surface area contributed by atoms with Crippen molar-refractivity contribution < 1.29 is 0 Å². The summed E-state index contributed by atoms with van der Waals surface area (Å²) in [6.07, 6.45) is 5.98. The molecule has 0 saturated carbocycles. The Morgan fingerprint density at radius 1 is 1.21 bits per heavy atom. The van der Waals surface area contributed by atoms with Crippen LogP contribution in [0.3, 0.4) is 0 Å². The fraction of sp³-hybridized carbons (Fsp3) is 0.500. The molecule has 2 aromatic rings. The van der Waals surface area contributed by atoms with Crippen molar-refractivity contribution in [2.75, 3.05) is 25.4 Å². The van der Waals surface area contributed by atoms with Gasteiger partial charge < -0.3 is 15.2 Å². The van der Waals surface area contributed by atoms with Crippen molar-refractivity contribution in [1.29, 1.82) is 0 Å². The Morgan fingerprint density at radius 2 is 2.00 bits per heavy atom. The molecule has 102 valence electrons. The largest absolute Gasteiger partial charge is 0.399 e. The van der Waals surface area contributed by atoms with E-state index in [2.05, 4.69) is 40.8 Å². The lowest BCUT2D eigenvalue weighted by atomic mass is 10.0. The minimum absolute atomic E-state index is 0.632. The smallest absolute Gasteiger partial charge is 0.0503 e. The third kappa shape index (κ3) is 2.47. The summed E-state index contributed by atoms with van der Waals surface area (Å²) >= 11 is 0. The maximum atomic E-state index is 5.92. The van der Waals surface area contributed by atoms with Crippen molar-refractivity contribution in [3.05, 3.63) is 30.5 Å². The van der Waals surface area contributed by atoms with Crippen LogP contribution in [0.1, 0.15) is 32.2 Å². The lowest BCUT2D eigenvalue weighted by Gasteiger charge is -2.32. The number of fused-ring (bicyclic) bond motifs is 1. The minimum Gasteiger partial charge on any atom is -0.399 e. The molecule has 1 aliphatic heterocycles. The van der Waals surface area contributed by atoms with Gasteiger partial charge in [0.1, 0.15) is 0 Å². The first-order valence-corrected chi connectivity index (χ1v) is 7.36. The molecule has 1 fully saturated rings. The van der Waals surface area contributed by atoms with Crippen LogP contribution in [-0.4, -0.2) is 29.1 Å². The number of hydrogen-bond acceptors (Lipinski definition) is 2. The quantitative estimate of drug-likeness (QED) is 0.856. The molecule has 0 unspecified atom stereocenters. The Kier molecular flexibility index (Phi) is 3.47. The molecule has 0 atom stereocenters. The number of aromatic nitrogens is 1. The van der Waals surface area contributed by atoms with Crippen LogP contribution in [0, 0.1) is 0 Å². The maximum absolute atomic E-state index is 5.92. The molecule has 0 bridgehead atoms. The molecular weight excluding hydrogens is 234 g/mol. The molecule has 1 aromatic heterocycles. The molecule has 1 aliphatic rings. The standard InChI is InChI=1S/C16H23N3/c1-2-8-18-9-6-15(7-10-18)19-11-5-13-3-4-14(17)12-16(13)19/h3-5,11-12,15H,2,6-10,17H2,1H3. The molecule has 1 aromatic carbocycles. The number of rotatable bonds is 3. The van der Waals surface area contributed by atoms with Crippen molar-refractivity contribution in [3.8, 4) is 0 Å². The molecule has 2 heterocycles. The average Bonchev–Trinajstić information content (AvgIpc) is 2.83. The first kappa shape index (κ1) is 12.5. The summed E-state index contributed by atoms with van der Waals surface area (Å²) in [5, 5.41) is 1.30. The van der Waals surface area contributed by atoms with Gasteiger partial charge in [0.15, 0.2) is 0 Å². The van der Waals surface area contributed by atoms with Crippen LogP contribution in [0.4, 0.5) is 5.69 Å². The van der Waals surface area contributed by atoms with Crippen molar-refractivity contribution in [3.63, 3.8) is 0 Å². The van der Waals surface area contributed by atoms with Gasteiger partial charge in [0.25, 0.3) is 0 Å². The van der Waals surface area contributed by atoms with Crippen LogP contribution in [0.5, 0.6) is 0 Å². The number of benzene rings is 1. The average molecular weight is 257 g/mol. The molecule has 2 N–H and O–H groups in total. The zero-order valence-corrected chi connectivity index (χ0v) is 11.7. The predicted octanol–water partition coefficient (Wildman–Crippen LogP) is 3.27. The molecule has 19 heavy (non-hydrogen) atoms. The Morgan fingerprint density at radius 3 is 2.74 bits per heavy atom. The van der Waals surface area contributed by atoms with E-state index in [9.17, 15) is 0 Å². The number of nitrogens with two attached hydrogens (primary N) is 1. The first-order valence-electron chi connectivity index (χ1n) is 7.36. The van der Waals surface area contributed by atoms with Gasteiger partial charge in [0.05, 0.1) is 5.52 Å². The van der Waals surface area contributed by atoms with Crippen LogP contribution in [0.25, 0.3) is 10.9 Å². The monoisotopic (exact) mass is 257 g/mol. The van der Waals surface area contributed by atoms with E-state index in [0.29, 0.717) is 6.04 Å². The highest BCUT2D eigenvalue weighted by Crippen LogP contribution is 2.28. The van der Waals surface area contributed by atoms with Crippen LogP contribution in [0.2, 0.25) is 0 Å². The SMILES string of the molecule is CCCN1CCC(n2ccc3ccc(N)cc32)CC1. The normalized spacial score (nSPS) is 18.2. The van der Waals surface area contributed by atoms with Gasteiger partial charge in [0, 0.05) is 31.0 Å². The van der Waals surface area contributed by atoms with Crippen molar-refractivity contribution in [2.24, 2.45) is 0 Å². The van der Waals surface area contributed by atoms with Crippen LogP contribution in [-0.2, 0) is 0 Å². The third-order valence-corrected chi connectivity index (χ3v) is 4.24. The summed E-state index contributed by atoms with van der Waals surface area (Å²) in [5.74, 6) is 0. The number of hydrogen-bond donors (Lipinski definition) is 1. The molecule has 0 aliphatic carbocycles. The van der Waals surface area contributed by atoms with Crippen molar-refractivity contribution in [1.82, 2.24) is 9.47 Å². The van der Waals surface area contributed by atoms with E-state index in [1.165, 1.54) is 49.8 Å². The predicted molar refractivity (Wildman–Crippen MR) is 81.4 cm³/mol. The molecule has 0 radical (unpaired) electrons. The van der Waals surface area contributed by atoms with Crippen LogP contribution >= 0.6 is 0 Å². The second-order valence-corrected chi connectivity index (χ2v) is 5.61. The van der Waals surface area contributed by atoms with E-state index in [1.54, 1.807) is 0 Å². The topological polar surface area (TPSA) is 34.2 Å². The van der Waals surface area contributed by atoms with Gasteiger partial charge in [-0.15, -0.1) is 0 Å². The molecule has 3 nitrogen and oxygen atoms in total. The maximum Gasteiger partial charge on any atom is 0.0503 e. The minimum atomic E-state index is 0.632. The van der Waals surface area contributed by atoms with Gasteiger partial charge in [-0.05, 0) is 49.4 Å². The molecule has 0 spiro atoms.